The van der Waals surface area contributed by atoms with Gasteiger partial charge in [0.05, 0.1) is 22.0 Å². The highest BCUT2D eigenvalue weighted by molar-refractivity contribution is 8.04. The molecule has 4 aliphatic rings. The molecule has 5 heterocycles. The van der Waals surface area contributed by atoms with Gasteiger partial charge in [-0.15, -0.1) is 11.8 Å². The molecule has 0 radical (unpaired) electrons. The van der Waals surface area contributed by atoms with E-state index in [0.29, 0.717) is 36.8 Å². The number of allylic oxidation sites excluding steroid dienone is 1. The molecule has 1 unspecified atom stereocenters. The molecule has 1 saturated carbocycles. The molecular formula is C22H24N8O3S. The number of aromatic nitrogens is 3. The van der Waals surface area contributed by atoms with Gasteiger partial charge in [-0.2, -0.15) is 9.61 Å². The second-order valence-electron chi connectivity index (χ2n) is 9.00. The molecule has 4 amide bonds. The largest absolute Gasteiger partial charge is 0.367 e. The van der Waals surface area contributed by atoms with E-state index in [9.17, 15) is 14.4 Å². The molecule has 2 saturated heterocycles. The number of urea groups is 1. The molecule has 2 atom stereocenters. The van der Waals surface area contributed by atoms with Crippen LogP contribution in [0, 0.1) is 0 Å². The quantitative estimate of drug-likeness (QED) is 0.368. The van der Waals surface area contributed by atoms with E-state index >= 15 is 0 Å². The van der Waals surface area contributed by atoms with Crippen LogP contribution in [-0.2, 0) is 9.59 Å². The molecule has 11 nitrogen and oxygen atoms in total. The fraction of sp³-hybridized carbons (Fsp3) is 0.409. The number of fused-ring (bicyclic) bond motifs is 1. The summed E-state index contributed by atoms with van der Waals surface area (Å²) in [6, 6.07) is 1.88. The van der Waals surface area contributed by atoms with Gasteiger partial charge in [-0.1, -0.05) is 6.08 Å². The van der Waals surface area contributed by atoms with Crippen LogP contribution in [0.25, 0.3) is 11.7 Å². The first-order chi connectivity index (χ1) is 16.4. The van der Waals surface area contributed by atoms with Crippen LogP contribution in [0.4, 0.5) is 10.6 Å². The standard InChI is InChI=1S/C22H24N8O3S/c23-12-5-6-29(10-12)21(32)17-4-3-16(34-17)14-8-18(25-13-1-2-13)30-19(26-14)11(9-24-30)7-15-20(31)28-22(33)27-15/h4,7-9,12-13,16,25H,1-3,5-6,10,23H2,(H2,27,28,31,33)/b15-7-/t12-,16?/m1/s1. The Hall–Kier alpha value is -3.38. The Morgan fingerprint density at radius 1 is 1.26 bits per heavy atom. The number of hydrogen-bond acceptors (Lipinski definition) is 8. The highest BCUT2D eigenvalue weighted by Crippen LogP contribution is 2.44. The molecule has 6 rings (SSSR count). The van der Waals surface area contributed by atoms with Crippen LogP contribution in [0.1, 0.15) is 42.2 Å². The molecule has 2 aromatic heterocycles. The number of thioether (sulfide) groups is 1. The third kappa shape index (κ3) is 3.92. The number of carbonyl (C=O) groups excluding carboxylic acids is 3. The molecule has 3 aliphatic heterocycles. The maximum Gasteiger partial charge on any atom is 0.326 e. The Balaban J connectivity index is 1.31. The van der Waals surface area contributed by atoms with Gasteiger partial charge in [0.25, 0.3) is 11.8 Å². The van der Waals surface area contributed by atoms with Gasteiger partial charge in [-0.25, -0.2) is 9.78 Å². The van der Waals surface area contributed by atoms with E-state index < -0.39 is 11.9 Å². The van der Waals surface area contributed by atoms with Crippen molar-refractivity contribution in [3.63, 3.8) is 0 Å². The normalized spacial score (nSPS) is 25.7. The van der Waals surface area contributed by atoms with Crippen molar-refractivity contribution in [2.24, 2.45) is 5.73 Å². The summed E-state index contributed by atoms with van der Waals surface area (Å²) in [7, 11) is 0. The van der Waals surface area contributed by atoms with E-state index in [-0.39, 0.29) is 22.9 Å². The van der Waals surface area contributed by atoms with E-state index in [1.807, 2.05) is 17.0 Å². The smallest absolute Gasteiger partial charge is 0.326 e. The van der Waals surface area contributed by atoms with Crippen LogP contribution in [0.2, 0.25) is 0 Å². The monoisotopic (exact) mass is 480 g/mol. The van der Waals surface area contributed by atoms with Crippen LogP contribution in [0.15, 0.2) is 28.9 Å². The van der Waals surface area contributed by atoms with Gasteiger partial charge in [-0.3, -0.25) is 14.9 Å². The van der Waals surface area contributed by atoms with E-state index in [4.69, 9.17) is 10.7 Å². The molecule has 2 aromatic rings. The third-order valence-corrected chi connectivity index (χ3v) is 7.62. The maximum atomic E-state index is 12.9. The van der Waals surface area contributed by atoms with Crippen LogP contribution in [0.5, 0.6) is 0 Å². The summed E-state index contributed by atoms with van der Waals surface area (Å²) in [5.74, 6) is 0.366. The Labute approximate surface area is 199 Å². The van der Waals surface area contributed by atoms with Crippen LogP contribution >= 0.6 is 11.8 Å². The minimum atomic E-state index is -0.554. The second kappa shape index (κ2) is 8.13. The van der Waals surface area contributed by atoms with Crippen molar-refractivity contribution in [1.29, 1.82) is 0 Å². The number of imide groups is 1. The van der Waals surface area contributed by atoms with Crippen molar-refractivity contribution in [1.82, 2.24) is 30.1 Å². The average Bonchev–Trinajstić information content (AvgIpc) is 3.18. The van der Waals surface area contributed by atoms with Gasteiger partial charge in [-0.05, 0) is 31.8 Å². The Kier molecular flexibility index (Phi) is 5.06. The molecule has 5 N–H and O–H groups in total. The van der Waals surface area contributed by atoms with Crippen molar-refractivity contribution in [3.8, 4) is 0 Å². The third-order valence-electron chi connectivity index (χ3n) is 6.31. The van der Waals surface area contributed by atoms with Gasteiger partial charge >= 0.3 is 6.03 Å². The van der Waals surface area contributed by atoms with Crippen molar-refractivity contribution in [2.45, 2.75) is 43.0 Å². The lowest BCUT2D eigenvalue weighted by Crippen LogP contribution is -2.32. The van der Waals surface area contributed by atoms with Gasteiger partial charge in [0.1, 0.15) is 11.5 Å². The maximum absolute atomic E-state index is 12.9. The van der Waals surface area contributed by atoms with E-state index in [0.717, 1.165) is 35.7 Å². The summed E-state index contributed by atoms with van der Waals surface area (Å²) in [4.78, 5) is 43.8. The van der Waals surface area contributed by atoms with Gasteiger partial charge in [0.2, 0.25) is 0 Å². The Morgan fingerprint density at radius 3 is 2.82 bits per heavy atom. The number of hydrogen-bond donors (Lipinski definition) is 4. The number of likely N-dealkylation sites (tertiary alicyclic amines) is 1. The lowest BCUT2D eigenvalue weighted by atomic mass is 10.2. The molecule has 3 fully saturated rings. The summed E-state index contributed by atoms with van der Waals surface area (Å²) < 4.78 is 1.72. The average molecular weight is 481 g/mol. The predicted molar refractivity (Wildman–Crippen MR) is 126 cm³/mol. The summed E-state index contributed by atoms with van der Waals surface area (Å²) in [6.45, 7) is 1.29. The number of carbonyl (C=O) groups is 3. The number of amides is 4. The topological polar surface area (TPSA) is 147 Å². The Morgan fingerprint density at radius 2 is 2.12 bits per heavy atom. The Bertz CT molecular complexity index is 1280. The van der Waals surface area contributed by atoms with E-state index in [1.165, 1.54) is 11.8 Å². The highest BCUT2D eigenvalue weighted by atomic mass is 32.2. The fourth-order valence-corrected chi connectivity index (χ4v) is 5.52. The van der Waals surface area contributed by atoms with Crippen molar-refractivity contribution in [3.05, 3.63) is 40.2 Å². The van der Waals surface area contributed by atoms with Crippen molar-refractivity contribution < 1.29 is 14.4 Å². The number of nitrogens with one attached hydrogen (secondary N) is 3. The van der Waals surface area contributed by atoms with Gasteiger partial charge in [0, 0.05) is 36.8 Å². The van der Waals surface area contributed by atoms with Gasteiger partial charge < -0.3 is 21.3 Å². The SMILES string of the molecule is N[C@@H]1CCN(C(=O)C2=CCC(c3cc(NC4CC4)n4ncc(/C=C5\NC(=O)NC5=O)c4n3)S2)C1. The number of nitrogens with zero attached hydrogens (tertiary/aromatic N) is 4. The minimum Gasteiger partial charge on any atom is -0.367 e. The molecule has 176 valence electrons. The first-order valence-corrected chi connectivity index (χ1v) is 12.2. The zero-order chi connectivity index (χ0) is 23.4. The van der Waals surface area contributed by atoms with Crippen LogP contribution in [0.3, 0.4) is 0 Å². The molecular weight excluding hydrogens is 456 g/mol. The first-order valence-electron chi connectivity index (χ1n) is 11.4. The van der Waals surface area contributed by atoms with E-state index in [1.54, 1.807) is 16.8 Å². The van der Waals surface area contributed by atoms with E-state index in [2.05, 4.69) is 21.0 Å². The number of nitrogens with two attached hydrogens (primary N) is 1. The molecule has 0 spiro atoms. The van der Waals surface area contributed by atoms with Crippen molar-refractivity contribution in [2.75, 3.05) is 18.4 Å². The lowest BCUT2D eigenvalue weighted by molar-refractivity contribution is -0.125. The minimum absolute atomic E-state index is 0.00938. The summed E-state index contributed by atoms with van der Waals surface area (Å²) >= 11 is 1.53. The molecule has 34 heavy (non-hydrogen) atoms. The van der Waals surface area contributed by atoms with Crippen LogP contribution < -0.4 is 21.7 Å². The summed E-state index contributed by atoms with van der Waals surface area (Å²) in [5, 5.41) is 12.7. The zero-order valence-electron chi connectivity index (χ0n) is 18.3. The molecule has 0 bridgehead atoms. The van der Waals surface area contributed by atoms with Crippen LogP contribution in [-0.4, -0.2) is 62.5 Å². The lowest BCUT2D eigenvalue weighted by Gasteiger charge is -2.17. The first kappa shape index (κ1) is 21.2. The number of anilines is 1. The molecule has 0 aromatic carbocycles. The summed E-state index contributed by atoms with van der Waals surface area (Å²) in [5.41, 5.74) is 8.15. The highest BCUT2D eigenvalue weighted by Gasteiger charge is 2.32. The predicted octanol–water partition coefficient (Wildman–Crippen LogP) is 1.11. The summed E-state index contributed by atoms with van der Waals surface area (Å²) in [6.07, 6.45) is 8.91. The van der Waals surface area contributed by atoms with Gasteiger partial charge in [0.15, 0.2) is 5.65 Å². The molecule has 12 heteroatoms. The zero-order valence-corrected chi connectivity index (χ0v) is 19.1. The second-order valence-corrected chi connectivity index (χ2v) is 10.2. The fourth-order valence-electron chi connectivity index (χ4n) is 4.35. The molecule has 1 aliphatic carbocycles. The van der Waals surface area contributed by atoms with Crippen molar-refractivity contribution >= 4 is 47.1 Å². The number of rotatable bonds is 5.